The summed E-state index contributed by atoms with van der Waals surface area (Å²) in [6.45, 7) is 0. The maximum absolute atomic E-state index is 2.47. The molecule has 3 aliphatic rings. The molecule has 0 nitrogen and oxygen atoms in total. The van der Waals surface area contributed by atoms with Crippen molar-refractivity contribution in [2.45, 2.75) is 54.3 Å². The van der Waals surface area contributed by atoms with Gasteiger partial charge in [0.15, 0.2) is 0 Å². The molecular weight excluding hydrogens is 398 g/mol. The average molecular weight is 419 g/mol. The fraction of sp³-hybridized carbons (Fsp3) is 0.600. The summed E-state index contributed by atoms with van der Waals surface area (Å²) in [6.07, 6.45) is 22.7. The van der Waals surface area contributed by atoms with Gasteiger partial charge in [-0.1, -0.05) is 0 Å². The van der Waals surface area contributed by atoms with Gasteiger partial charge in [-0.15, -0.1) is 0 Å². The van der Waals surface area contributed by atoms with E-state index in [0.29, 0.717) is 0 Å². The molecule has 3 atom stereocenters. The van der Waals surface area contributed by atoms with Gasteiger partial charge in [-0.3, -0.25) is 0 Å². The van der Waals surface area contributed by atoms with Gasteiger partial charge >= 0.3 is 133 Å². The van der Waals surface area contributed by atoms with Crippen LogP contribution >= 0.6 is 26.5 Å². The predicted molar refractivity (Wildman–Crippen MR) is 95.0 cm³/mol. The van der Waals surface area contributed by atoms with Crippen LogP contribution in [-0.2, 0) is 0 Å². The first-order chi connectivity index (χ1) is 9.40. The first kappa shape index (κ1) is 15.0. The number of rotatable bonds is 6. The molecule has 0 saturated heterocycles. The van der Waals surface area contributed by atoms with Gasteiger partial charge in [-0.2, -0.15) is 0 Å². The molecule has 19 heavy (non-hydrogen) atoms. The van der Waals surface area contributed by atoms with E-state index in [1.54, 1.807) is 0 Å². The Labute approximate surface area is 132 Å². The second kappa shape index (κ2) is 7.92. The Hall–Kier alpha value is 1.09. The Morgan fingerprint density at radius 2 is 1.00 bits per heavy atom. The standard InChI is InChI=1S/3C5H8S.Sb/c3*6-5-3-1-2-4-5;/h3*1,3,5-6H,2,4H2;/q;;;+3/p-3. The quantitative estimate of drug-likeness (QED) is 0.422. The Kier molecular flexibility index (Phi) is 6.25. The first-order valence-electron chi connectivity index (χ1n) is 7.20. The fourth-order valence-electron chi connectivity index (χ4n) is 2.48. The zero-order chi connectivity index (χ0) is 12.9. The third-order valence-electron chi connectivity index (χ3n) is 3.57. The molecule has 0 aromatic carbocycles. The summed E-state index contributed by atoms with van der Waals surface area (Å²) in [6, 6.07) is 0. The molecule has 3 rings (SSSR count). The molecule has 0 radical (unpaired) electrons. The molecule has 4 heteroatoms. The predicted octanol–water partition coefficient (Wildman–Crippen LogP) is 5.33. The maximum atomic E-state index is 2.47. The van der Waals surface area contributed by atoms with Crippen LogP contribution in [0.5, 0.6) is 0 Å². The zero-order valence-corrected chi connectivity index (χ0v) is 16.1. The van der Waals surface area contributed by atoms with Gasteiger partial charge in [0.05, 0.1) is 0 Å². The average Bonchev–Trinajstić information content (AvgIpc) is 3.10. The Bertz CT molecular complexity index is 321. The van der Waals surface area contributed by atoms with Crippen molar-refractivity contribution in [2.24, 2.45) is 0 Å². The monoisotopic (exact) mass is 418 g/mol. The molecule has 0 N–H and O–H groups in total. The van der Waals surface area contributed by atoms with E-state index in [1.807, 2.05) is 0 Å². The summed E-state index contributed by atoms with van der Waals surface area (Å²) in [5.74, 6) is 0. The van der Waals surface area contributed by atoms with Gasteiger partial charge in [0.1, 0.15) is 0 Å². The zero-order valence-electron chi connectivity index (χ0n) is 11.1. The van der Waals surface area contributed by atoms with Crippen LogP contribution in [0.3, 0.4) is 0 Å². The van der Waals surface area contributed by atoms with Crippen LogP contribution in [0.1, 0.15) is 38.5 Å². The van der Waals surface area contributed by atoms with Crippen molar-refractivity contribution in [3.63, 3.8) is 0 Å². The van der Waals surface area contributed by atoms with Crippen molar-refractivity contribution in [2.75, 3.05) is 0 Å². The van der Waals surface area contributed by atoms with E-state index >= 15 is 0 Å². The number of hydrogen-bond acceptors (Lipinski definition) is 3. The van der Waals surface area contributed by atoms with Gasteiger partial charge < -0.3 is 0 Å². The Morgan fingerprint density at radius 1 is 0.632 bits per heavy atom. The Morgan fingerprint density at radius 3 is 1.26 bits per heavy atom. The third-order valence-corrected chi connectivity index (χ3v) is 27.8. The van der Waals surface area contributed by atoms with Gasteiger partial charge in [0.25, 0.3) is 0 Å². The summed E-state index contributed by atoms with van der Waals surface area (Å²) in [7, 11) is 7.14. The summed E-state index contributed by atoms with van der Waals surface area (Å²) in [5, 5.41) is 2.54. The molecule has 0 fully saturated rings. The van der Waals surface area contributed by atoms with Crippen LogP contribution in [0.4, 0.5) is 0 Å². The normalized spacial score (nSPS) is 33.0. The summed E-state index contributed by atoms with van der Waals surface area (Å²) >= 11 is -1.28. The molecule has 3 unspecified atom stereocenters. The van der Waals surface area contributed by atoms with Crippen LogP contribution < -0.4 is 0 Å². The third kappa shape index (κ3) is 4.80. The van der Waals surface area contributed by atoms with Crippen molar-refractivity contribution in [1.29, 1.82) is 0 Å². The first-order valence-corrected chi connectivity index (χ1v) is 19.1. The van der Waals surface area contributed by atoms with Crippen LogP contribution in [0.2, 0.25) is 0 Å². The SMILES string of the molecule is C1=CC([S][Sb]([S]C2C=CCC2)[S]C2C=CCC2)CC1. The van der Waals surface area contributed by atoms with Crippen molar-refractivity contribution in [3.8, 4) is 0 Å². The summed E-state index contributed by atoms with van der Waals surface area (Å²) in [4.78, 5) is 0. The second-order valence-corrected chi connectivity index (χ2v) is 26.3. The molecule has 0 spiro atoms. The van der Waals surface area contributed by atoms with E-state index in [2.05, 4.69) is 63.0 Å². The number of hydrogen-bond donors (Lipinski definition) is 0. The molecule has 0 aliphatic heterocycles. The molecule has 0 aromatic heterocycles. The van der Waals surface area contributed by atoms with Gasteiger partial charge in [-0.05, 0) is 0 Å². The molecule has 3 aliphatic carbocycles. The minimum absolute atomic E-state index is 0.846. The molecule has 0 heterocycles. The van der Waals surface area contributed by atoms with E-state index in [4.69, 9.17) is 0 Å². The van der Waals surface area contributed by atoms with Gasteiger partial charge in [0, 0.05) is 0 Å². The molecule has 0 amide bonds. The van der Waals surface area contributed by atoms with E-state index in [9.17, 15) is 0 Å². The second-order valence-electron chi connectivity index (χ2n) is 5.17. The van der Waals surface area contributed by atoms with Crippen LogP contribution in [-0.4, -0.2) is 31.8 Å². The Balaban J connectivity index is 1.54. The van der Waals surface area contributed by atoms with Crippen LogP contribution in [0, 0.1) is 0 Å². The topological polar surface area (TPSA) is 0 Å². The van der Waals surface area contributed by atoms with Crippen molar-refractivity contribution >= 4 is 42.6 Å². The van der Waals surface area contributed by atoms with E-state index in [-0.39, 0.29) is 0 Å². The number of allylic oxidation sites excluding steroid dienone is 3. The van der Waals surface area contributed by atoms with E-state index in [1.165, 1.54) is 38.5 Å². The molecule has 0 aromatic rings. The van der Waals surface area contributed by atoms with Crippen LogP contribution in [0.15, 0.2) is 36.5 Å². The fourth-order valence-corrected chi connectivity index (χ4v) is 32.4. The molecular formula is C15H21S3Sb. The van der Waals surface area contributed by atoms with Crippen molar-refractivity contribution in [1.82, 2.24) is 0 Å². The molecule has 104 valence electrons. The molecule has 0 bridgehead atoms. The van der Waals surface area contributed by atoms with Gasteiger partial charge in [0.2, 0.25) is 0 Å². The minimum atomic E-state index is -1.28. The molecule has 0 saturated carbocycles. The van der Waals surface area contributed by atoms with Crippen LogP contribution in [0.25, 0.3) is 0 Å². The van der Waals surface area contributed by atoms with Crippen molar-refractivity contribution in [3.05, 3.63) is 36.5 Å². The van der Waals surface area contributed by atoms with E-state index < -0.39 is 16.0 Å². The van der Waals surface area contributed by atoms with Crippen molar-refractivity contribution < 1.29 is 0 Å². The van der Waals surface area contributed by atoms with E-state index in [0.717, 1.165) is 15.7 Å². The summed E-state index contributed by atoms with van der Waals surface area (Å²) < 4.78 is 0. The van der Waals surface area contributed by atoms with Gasteiger partial charge in [-0.25, -0.2) is 0 Å². The summed E-state index contributed by atoms with van der Waals surface area (Å²) in [5.41, 5.74) is 0.